The number of halogens is 1. The lowest BCUT2D eigenvalue weighted by atomic mass is 9.96. The molecule has 2 saturated heterocycles. The summed E-state index contributed by atoms with van der Waals surface area (Å²) < 4.78 is 0. The third-order valence-corrected chi connectivity index (χ3v) is 3.56. The van der Waals surface area contributed by atoms with E-state index in [0.717, 1.165) is 26.1 Å². The largest absolute Gasteiger partial charge is 0.354 e. The zero-order chi connectivity index (χ0) is 12.1. The predicted molar refractivity (Wildman–Crippen MR) is 71.6 cm³/mol. The van der Waals surface area contributed by atoms with E-state index in [1.165, 1.54) is 12.8 Å². The van der Waals surface area contributed by atoms with Gasteiger partial charge in [0.15, 0.2) is 0 Å². The van der Waals surface area contributed by atoms with Crippen molar-refractivity contribution in [3.63, 3.8) is 0 Å². The first-order chi connectivity index (χ1) is 8.25. The van der Waals surface area contributed by atoms with Gasteiger partial charge < -0.3 is 16.0 Å². The maximum Gasteiger partial charge on any atom is 0.242 e. The Bertz CT molecular complexity index is 293. The number of hydrogen-bond acceptors (Lipinski definition) is 3. The molecule has 5 nitrogen and oxygen atoms in total. The van der Waals surface area contributed by atoms with Crippen molar-refractivity contribution in [2.75, 3.05) is 19.6 Å². The molecule has 0 saturated carbocycles. The second kappa shape index (κ2) is 7.59. The number of hydrogen-bond donors (Lipinski definition) is 3. The highest BCUT2D eigenvalue weighted by atomic mass is 35.5. The van der Waals surface area contributed by atoms with Crippen molar-refractivity contribution in [3.05, 3.63) is 0 Å². The first-order valence-electron chi connectivity index (χ1n) is 6.53. The van der Waals surface area contributed by atoms with Gasteiger partial charge in [-0.15, -0.1) is 12.4 Å². The molecular formula is C12H22ClN3O2. The Balaban J connectivity index is 0.00000162. The number of rotatable bonds is 4. The summed E-state index contributed by atoms with van der Waals surface area (Å²) in [5, 5.41) is 8.95. The van der Waals surface area contributed by atoms with E-state index < -0.39 is 0 Å². The summed E-state index contributed by atoms with van der Waals surface area (Å²) in [5.74, 6) is 0.642. The maximum atomic E-state index is 11.7. The summed E-state index contributed by atoms with van der Waals surface area (Å²) in [6.45, 7) is 2.91. The second-order valence-corrected chi connectivity index (χ2v) is 4.95. The molecule has 0 aromatic rings. The highest BCUT2D eigenvalue weighted by Crippen LogP contribution is 2.13. The van der Waals surface area contributed by atoms with Gasteiger partial charge in [0.1, 0.15) is 6.04 Å². The van der Waals surface area contributed by atoms with Crippen LogP contribution in [-0.2, 0) is 9.59 Å². The Morgan fingerprint density at radius 1 is 1.39 bits per heavy atom. The van der Waals surface area contributed by atoms with E-state index in [4.69, 9.17) is 0 Å². The van der Waals surface area contributed by atoms with Crippen LogP contribution >= 0.6 is 12.4 Å². The molecule has 0 aromatic carbocycles. The van der Waals surface area contributed by atoms with Gasteiger partial charge in [-0.3, -0.25) is 9.59 Å². The van der Waals surface area contributed by atoms with Gasteiger partial charge in [-0.05, 0) is 44.7 Å². The van der Waals surface area contributed by atoms with Crippen molar-refractivity contribution in [3.8, 4) is 0 Å². The monoisotopic (exact) mass is 275 g/mol. The molecule has 18 heavy (non-hydrogen) atoms. The van der Waals surface area contributed by atoms with E-state index in [2.05, 4.69) is 16.0 Å². The van der Waals surface area contributed by atoms with E-state index in [1.54, 1.807) is 0 Å². The first kappa shape index (κ1) is 15.2. The first-order valence-corrected chi connectivity index (χ1v) is 6.53. The van der Waals surface area contributed by atoms with Gasteiger partial charge in [0.2, 0.25) is 11.8 Å². The number of piperidine rings is 1. The fourth-order valence-corrected chi connectivity index (χ4v) is 2.50. The third-order valence-electron chi connectivity index (χ3n) is 3.56. The van der Waals surface area contributed by atoms with Gasteiger partial charge in [-0.25, -0.2) is 0 Å². The molecule has 0 spiro atoms. The number of carbonyl (C=O) groups excluding carboxylic acids is 2. The van der Waals surface area contributed by atoms with Crippen LogP contribution in [0.3, 0.4) is 0 Å². The van der Waals surface area contributed by atoms with Gasteiger partial charge in [0, 0.05) is 13.0 Å². The molecule has 1 unspecified atom stereocenters. The fraction of sp³-hybridized carbons (Fsp3) is 0.833. The lowest BCUT2D eigenvalue weighted by molar-refractivity contribution is -0.125. The van der Waals surface area contributed by atoms with Crippen molar-refractivity contribution in [1.82, 2.24) is 16.0 Å². The molecule has 0 radical (unpaired) electrons. The lowest BCUT2D eigenvalue weighted by Gasteiger charge is -2.22. The SMILES string of the molecule is Cl.O=C1CC[C@H](C(=O)NCCC2CCCNC2)N1. The zero-order valence-corrected chi connectivity index (χ0v) is 11.4. The molecule has 0 aromatic heterocycles. The topological polar surface area (TPSA) is 70.2 Å². The van der Waals surface area contributed by atoms with Crippen LogP contribution in [0.25, 0.3) is 0 Å². The summed E-state index contributed by atoms with van der Waals surface area (Å²) in [7, 11) is 0. The average Bonchev–Trinajstić information content (AvgIpc) is 2.77. The maximum absolute atomic E-state index is 11.7. The molecule has 0 bridgehead atoms. The van der Waals surface area contributed by atoms with Crippen molar-refractivity contribution in [1.29, 1.82) is 0 Å². The van der Waals surface area contributed by atoms with E-state index in [-0.39, 0.29) is 30.3 Å². The Kier molecular flexibility index (Phi) is 6.43. The lowest BCUT2D eigenvalue weighted by Crippen LogP contribution is -2.42. The van der Waals surface area contributed by atoms with Crippen LogP contribution < -0.4 is 16.0 Å². The van der Waals surface area contributed by atoms with Gasteiger partial charge in [0.25, 0.3) is 0 Å². The van der Waals surface area contributed by atoms with Crippen LogP contribution in [0, 0.1) is 5.92 Å². The van der Waals surface area contributed by atoms with E-state index >= 15 is 0 Å². The van der Waals surface area contributed by atoms with Gasteiger partial charge in [-0.2, -0.15) is 0 Å². The fourth-order valence-electron chi connectivity index (χ4n) is 2.50. The summed E-state index contributed by atoms with van der Waals surface area (Å²) in [5.41, 5.74) is 0. The quantitative estimate of drug-likeness (QED) is 0.686. The van der Waals surface area contributed by atoms with Crippen molar-refractivity contribution < 1.29 is 9.59 Å². The van der Waals surface area contributed by atoms with Crippen LogP contribution in [0.2, 0.25) is 0 Å². The van der Waals surface area contributed by atoms with E-state index in [1.807, 2.05) is 0 Å². The molecule has 2 fully saturated rings. The standard InChI is InChI=1S/C12H21N3O2.ClH/c16-11-4-3-10(15-11)12(17)14-7-5-9-2-1-6-13-8-9;/h9-10,13H,1-8H2,(H,14,17)(H,15,16);1H/t9?,10-;/m1./s1. The van der Waals surface area contributed by atoms with Crippen LogP contribution in [0.4, 0.5) is 0 Å². The Morgan fingerprint density at radius 2 is 2.22 bits per heavy atom. The van der Waals surface area contributed by atoms with Crippen LogP contribution in [0.1, 0.15) is 32.1 Å². The molecule has 2 aliphatic heterocycles. The normalized spacial score (nSPS) is 27.2. The Labute approximate surface area is 114 Å². The summed E-state index contributed by atoms with van der Waals surface area (Å²) in [6.07, 6.45) is 4.63. The molecule has 3 N–H and O–H groups in total. The summed E-state index contributed by atoms with van der Waals surface area (Å²) in [6, 6.07) is -0.299. The highest BCUT2D eigenvalue weighted by Gasteiger charge is 2.26. The van der Waals surface area contributed by atoms with E-state index in [9.17, 15) is 9.59 Å². The summed E-state index contributed by atoms with van der Waals surface area (Å²) in [4.78, 5) is 22.7. The number of amides is 2. The van der Waals surface area contributed by atoms with Gasteiger partial charge >= 0.3 is 0 Å². The van der Waals surface area contributed by atoms with Crippen molar-refractivity contribution in [2.24, 2.45) is 5.92 Å². The molecule has 104 valence electrons. The summed E-state index contributed by atoms with van der Waals surface area (Å²) >= 11 is 0. The minimum Gasteiger partial charge on any atom is -0.354 e. The number of carbonyl (C=O) groups is 2. The minimum absolute atomic E-state index is 0. The number of nitrogens with one attached hydrogen (secondary N) is 3. The molecule has 2 heterocycles. The third kappa shape index (κ3) is 4.46. The van der Waals surface area contributed by atoms with Crippen LogP contribution in [0.15, 0.2) is 0 Å². The smallest absolute Gasteiger partial charge is 0.242 e. The second-order valence-electron chi connectivity index (χ2n) is 4.95. The molecule has 2 atom stereocenters. The molecule has 2 amide bonds. The van der Waals surface area contributed by atoms with Crippen molar-refractivity contribution in [2.45, 2.75) is 38.1 Å². The Morgan fingerprint density at radius 3 is 2.83 bits per heavy atom. The van der Waals surface area contributed by atoms with Crippen molar-refractivity contribution >= 4 is 24.2 Å². The van der Waals surface area contributed by atoms with E-state index in [0.29, 0.717) is 18.8 Å². The van der Waals surface area contributed by atoms with Crippen LogP contribution in [0.5, 0.6) is 0 Å². The average molecular weight is 276 g/mol. The highest BCUT2D eigenvalue weighted by molar-refractivity contribution is 5.90. The van der Waals surface area contributed by atoms with Crippen LogP contribution in [-0.4, -0.2) is 37.5 Å². The van der Waals surface area contributed by atoms with Gasteiger partial charge in [0.05, 0.1) is 0 Å². The molecule has 6 heteroatoms. The molecular weight excluding hydrogens is 254 g/mol. The zero-order valence-electron chi connectivity index (χ0n) is 10.5. The Hall–Kier alpha value is -0.810. The minimum atomic E-state index is -0.299. The predicted octanol–water partition coefficient (Wildman–Crippen LogP) is 0.193. The molecule has 2 aliphatic rings. The van der Waals surface area contributed by atoms with Gasteiger partial charge in [-0.1, -0.05) is 0 Å². The molecule has 0 aliphatic carbocycles. The molecule has 2 rings (SSSR count).